The van der Waals surface area contributed by atoms with Crippen LogP contribution in [0.5, 0.6) is 0 Å². The van der Waals surface area contributed by atoms with E-state index in [2.05, 4.69) is 124 Å². The smallest absolute Gasteiger partial charge is 0.0924 e. The van der Waals surface area contributed by atoms with Crippen LogP contribution in [0.3, 0.4) is 0 Å². The van der Waals surface area contributed by atoms with E-state index in [9.17, 15) is 0 Å². The van der Waals surface area contributed by atoms with Gasteiger partial charge in [-0.3, -0.25) is 0 Å². The van der Waals surface area contributed by atoms with E-state index in [-0.39, 0.29) is 0 Å². The first-order chi connectivity index (χ1) is 27.0. The summed E-state index contributed by atoms with van der Waals surface area (Å²) in [5.74, 6) is 0. The molecular weight excluding hydrogens is 782 g/mol. The van der Waals surface area contributed by atoms with Crippen molar-refractivity contribution in [1.29, 1.82) is 0 Å². The number of hydrogen-bond acceptors (Lipinski definition) is 6. The summed E-state index contributed by atoms with van der Waals surface area (Å²) in [5, 5.41) is 1.80. The van der Waals surface area contributed by atoms with Crippen LogP contribution in [0, 0.1) is 0 Å². The Bertz CT molecular complexity index is 2710. The highest BCUT2D eigenvalue weighted by molar-refractivity contribution is 6.40. The molecule has 3 aromatic rings. The van der Waals surface area contributed by atoms with Crippen molar-refractivity contribution in [1.82, 2.24) is 39.1 Å². The molecule has 9 rings (SSSR count). The molecule has 0 saturated heterocycles. The van der Waals surface area contributed by atoms with Gasteiger partial charge in [0.1, 0.15) is 0 Å². The Kier molecular flexibility index (Phi) is 9.41. The maximum atomic E-state index is 8.02. The Morgan fingerprint density at radius 1 is 0.518 bits per heavy atom. The fourth-order valence-corrected chi connectivity index (χ4v) is 8.57. The minimum atomic E-state index is 0.440. The van der Waals surface area contributed by atoms with Gasteiger partial charge in [0.15, 0.2) is 0 Å². The van der Waals surface area contributed by atoms with Gasteiger partial charge in [-0.25, -0.2) is 9.97 Å². The number of halogens is 4. The van der Waals surface area contributed by atoms with E-state index in [1.807, 2.05) is 37.4 Å². The third-order valence-corrected chi connectivity index (χ3v) is 12.1. The van der Waals surface area contributed by atoms with E-state index >= 15 is 0 Å². The summed E-state index contributed by atoms with van der Waals surface area (Å²) in [7, 11) is 8.22. The van der Waals surface area contributed by atoms with Crippen molar-refractivity contribution in [3.8, 4) is 0 Å². The zero-order valence-electron chi connectivity index (χ0n) is 31.3. The molecule has 6 aliphatic heterocycles. The number of nitrogens with zero attached hydrogens (tertiary/aromatic N) is 7. The lowest BCUT2D eigenvalue weighted by atomic mass is 9.93. The summed E-state index contributed by atoms with van der Waals surface area (Å²) in [6.45, 7) is 2.85. The quantitative estimate of drug-likeness (QED) is 0.221. The lowest BCUT2D eigenvalue weighted by molar-refractivity contribution is 0.503. The number of nitrogens with one attached hydrogen (secondary N) is 1. The Labute approximate surface area is 345 Å². The van der Waals surface area contributed by atoms with Crippen molar-refractivity contribution in [3.63, 3.8) is 0 Å². The van der Waals surface area contributed by atoms with E-state index in [4.69, 9.17) is 56.4 Å². The van der Waals surface area contributed by atoms with Crippen LogP contribution in [0.25, 0.3) is 62.7 Å². The Hall–Kier alpha value is -5.12. The van der Waals surface area contributed by atoms with Crippen LogP contribution >= 0.6 is 46.4 Å². The highest BCUT2D eigenvalue weighted by Gasteiger charge is 2.31. The predicted molar refractivity (Wildman–Crippen MR) is 237 cm³/mol. The first-order valence-electron chi connectivity index (χ1n) is 18.3. The number of allylic oxidation sites excluding steroid dienone is 9. The van der Waals surface area contributed by atoms with Crippen LogP contribution in [0.15, 0.2) is 91.1 Å². The number of aromatic amines is 1. The second-order valence-corrected chi connectivity index (χ2v) is 16.1. The summed E-state index contributed by atoms with van der Waals surface area (Å²) in [4.78, 5) is 22.3. The normalized spacial score (nSPS) is 17.8. The number of aromatic nitrogens is 4. The molecule has 0 spiro atoms. The van der Waals surface area contributed by atoms with Gasteiger partial charge in [0.2, 0.25) is 0 Å². The zero-order valence-corrected chi connectivity index (χ0v) is 34.3. The fraction of sp³-hybridized carbons (Fsp3) is 0.182. The van der Waals surface area contributed by atoms with Crippen LogP contribution < -0.4 is 0 Å². The summed E-state index contributed by atoms with van der Waals surface area (Å²) >= 11 is 30.1. The summed E-state index contributed by atoms with van der Waals surface area (Å²) in [6.07, 6.45) is 31.5. The van der Waals surface area contributed by atoms with Crippen LogP contribution in [-0.2, 0) is 0 Å². The molecule has 8 bridgehead atoms. The first-order valence-corrected chi connectivity index (χ1v) is 19.8. The van der Waals surface area contributed by atoms with Gasteiger partial charge < -0.3 is 29.2 Å². The maximum Gasteiger partial charge on any atom is 0.0924 e. The highest BCUT2D eigenvalue weighted by Crippen LogP contribution is 2.48. The van der Waals surface area contributed by atoms with Crippen LogP contribution in [0.1, 0.15) is 33.9 Å². The van der Waals surface area contributed by atoms with E-state index in [0.29, 0.717) is 73.5 Å². The molecule has 0 atom stereocenters. The first kappa shape index (κ1) is 36.5. The SMILES string of the molecule is CN1C=CC(C2=Cc3nc2c(Cl)c2c(C4=CCN(C)C=C4)c(C4=CCN(C)C=C4)c(c(Cl)c4nc(c(Cl)c5ccc([nH]5)c3Cl)C=C4)n2C2=CCN(C)C=C2)=CC1. The molecular formula is C44H38Cl4N8. The average molecular weight is 821 g/mol. The van der Waals surface area contributed by atoms with E-state index < -0.39 is 0 Å². The minimum Gasteiger partial charge on any atom is -0.377 e. The Balaban J connectivity index is 1.55. The third kappa shape index (κ3) is 6.35. The second-order valence-electron chi connectivity index (χ2n) is 14.6. The predicted octanol–water partition coefficient (Wildman–Crippen LogP) is 10.5. The fourth-order valence-electron chi connectivity index (χ4n) is 7.54. The molecule has 6 aliphatic rings. The van der Waals surface area contributed by atoms with Gasteiger partial charge in [0, 0.05) is 83.0 Å². The van der Waals surface area contributed by atoms with Gasteiger partial charge in [0.05, 0.1) is 64.9 Å². The van der Waals surface area contributed by atoms with Crippen molar-refractivity contribution >= 4 is 109 Å². The molecule has 0 fully saturated rings. The minimum absolute atomic E-state index is 0.440. The molecule has 0 aliphatic carbocycles. The molecule has 3 aromatic heterocycles. The van der Waals surface area contributed by atoms with Crippen LogP contribution in [0.2, 0.25) is 20.1 Å². The maximum absolute atomic E-state index is 8.02. The molecule has 0 radical (unpaired) electrons. The molecule has 0 unspecified atom stereocenters. The van der Waals surface area contributed by atoms with E-state index in [1.165, 1.54) is 0 Å². The van der Waals surface area contributed by atoms with Crippen LogP contribution in [-0.4, -0.2) is 93.5 Å². The summed E-state index contributed by atoms with van der Waals surface area (Å²) < 4.78 is 2.20. The van der Waals surface area contributed by atoms with Crippen molar-refractivity contribution in [2.45, 2.75) is 0 Å². The van der Waals surface area contributed by atoms with Crippen LogP contribution in [0.4, 0.5) is 0 Å². The summed E-state index contributed by atoms with van der Waals surface area (Å²) in [6, 6.07) is 3.79. The molecule has 1 N–H and O–H groups in total. The molecule has 12 heteroatoms. The molecule has 0 aromatic carbocycles. The topological polar surface area (TPSA) is 59.5 Å². The van der Waals surface area contributed by atoms with Crippen molar-refractivity contribution in [3.05, 3.63) is 145 Å². The number of likely N-dealkylation sites (N-methyl/N-ethyl adjacent to an activating group) is 4. The third-order valence-electron chi connectivity index (χ3n) is 10.6. The van der Waals surface area contributed by atoms with Crippen molar-refractivity contribution in [2.24, 2.45) is 0 Å². The molecule has 282 valence electrons. The van der Waals surface area contributed by atoms with Gasteiger partial charge in [-0.05, 0) is 96.1 Å². The largest absolute Gasteiger partial charge is 0.377 e. The molecule has 8 nitrogen and oxygen atoms in total. The van der Waals surface area contributed by atoms with E-state index in [1.54, 1.807) is 0 Å². The van der Waals surface area contributed by atoms with Gasteiger partial charge >= 0.3 is 0 Å². The second kappa shape index (κ2) is 14.4. The highest BCUT2D eigenvalue weighted by atomic mass is 35.5. The Morgan fingerprint density at radius 3 is 1.52 bits per heavy atom. The Morgan fingerprint density at radius 2 is 1.00 bits per heavy atom. The van der Waals surface area contributed by atoms with Gasteiger partial charge in [0.25, 0.3) is 0 Å². The zero-order chi connectivity index (χ0) is 38.8. The number of rotatable bonds is 4. The number of fused-ring (bicyclic) bond motifs is 8. The van der Waals surface area contributed by atoms with Crippen molar-refractivity contribution < 1.29 is 0 Å². The lowest BCUT2D eigenvalue weighted by Gasteiger charge is -2.21. The van der Waals surface area contributed by atoms with Gasteiger partial charge in [-0.15, -0.1) is 0 Å². The van der Waals surface area contributed by atoms with E-state index in [0.717, 1.165) is 56.7 Å². The molecule has 0 amide bonds. The molecule has 9 heterocycles. The summed E-state index contributed by atoms with van der Waals surface area (Å²) in [5.41, 5.74) is 11.9. The van der Waals surface area contributed by atoms with Gasteiger partial charge in [-0.1, -0.05) is 64.6 Å². The number of hydrogen-bond donors (Lipinski definition) is 1. The monoisotopic (exact) mass is 818 g/mol. The molecule has 56 heavy (non-hydrogen) atoms. The number of H-pyrrole nitrogens is 1. The lowest BCUT2D eigenvalue weighted by Crippen LogP contribution is -2.15. The standard InChI is InChI=1S/C44H38Cl4N8/c1-52-17-9-26(10-18-52)30-25-35-39(46)33-6-5-31(49-33)38(45)32-7-8-34(50-32)40(47)43-36(27-11-19-53(2)20-12-27)37(28-13-21-54(3)22-14-28)44(41(48)42(30)51-35)56(43)29-15-23-55(4)24-16-29/h5-17,19,21,23,25,49H,18,20,22,24H2,1-4H3. The van der Waals surface area contributed by atoms with Crippen molar-refractivity contribution in [2.75, 3.05) is 54.4 Å². The average Bonchev–Trinajstić information content (AvgIpc) is 4.03. The molecule has 0 saturated carbocycles. The van der Waals surface area contributed by atoms with Gasteiger partial charge in [-0.2, -0.15) is 0 Å².